The summed E-state index contributed by atoms with van der Waals surface area (Å²) in [5.41, 5.74) is 2.33. The zero-order chi connectivity index (χ0) is 9.19. The van der Waals surface area contributed by atoms with Gasteiger partial charge >= 0.3 is 0 Å². The molecule has 62 valence electrons. The summed E-state index contributed by atoms with van der Waals surface area (Å²) in [5.74, 6) is 2.78. The third-order valence-electron chi connectivity index (χ3n) is 2.10. The SMILES string of the molecule is C#CC(C)(C)c1cccc(C)c1. The number of terminal acetylenes is 1. The van der Waals surface area contributed by atoms with Crippen LogP contribution in [0.5, 0.6) is 0 Å². The van der Waals surface area contributed by atoms with E-state index in [1.807, 2.05) is 6.07 Å². The number of benzene rings is 1. The van der Waals surface area contributed by atoms with Crippen LogP contribution in [0, 0.1) is 19.3 Å². The minimum absolute atomic E-state index is 0.147. The van der Waals surface area contributed by atoms with E-state index >= 15 is 0 Å². The van der Waals surface area contributed by atoms with Crippen LogP contribution in [-0.4, -0.2) is 0 Å². The Kier molecular flexibility index (Phi) is 2.24. The monoisotopic (exact) mass is 158 g/mol. The molecule has 0 saturated carbocycles. The predicted octanol–water partition coefficient (Wildman–Crippen LogP) is 2.91. The standard InChI is InChI=1S/C12H14/c1-5-12(3,4)11-8-6-7-10(2)9-11/h1,6-9H,2-4H3. The summed E-state index contributed by atoms with van der Waals surface area (Å²) in [6, 6.07) is 8.34. The Morgan fingerprint density at radius 3 is 2.50 bits per heavy atom. The van der Waals surface area contributed by atoms with Crippen LogP contribution >= 0.6 is 0 Å². The number of hydrogen-bond acceptors (Lipinski definition) is 0. The molecule has 12 heavy (non-hydrogen) atoms. The van der Waals surface area contributed by atoms with Crippen molar-refractivity contribution < 1.29 is 0 Å². The molecule has 1 aromatic carbocycles. The summed E-state index contributed by atoms with van der Waals surface area (Å²) in [6.07, 6.45) is 5.44. The third kappa shape index (κ3) is 1.68. The average molecular weight is 158 g/mol. The van der Waals surface area contributed by atoms with E-state index in [-0.39, 0.29) is 5.41 Å². The van der Waals surface area contributed by atoms with E-state index in [2.05, 4.69) is 44.9 Å². The van der Waals surface area contributed by atoms with Gasteiger partial charge in [0.25, 0.3) is 0 Å². The molecule has 0 bridgehead atoms. The van der Waals surface area contributed by atoms with E-state index < -0.39 is 0 Å². The maximum absolute atomic E-state index is 5.44. The molecule has 0 unspecified atom stereocenters. The lowest BCUT2D eigenvalue weighted by Crippen LogP contribution is -2.13. The van der Waals surface area contributed by atoms with Crippen molar-refractivity contribution >= 4 is 0 Å². The molecule has 0 heterocycles. The Morgan fingerprint density at radius 1 is 1.33 bits per heavy atom. The average Bonchev–Trinajstić information content (AvgIpc) is 2.05. The van der Waals surface area contributed by atoms with Gasteiger partial charge in [-0.15, -0.1) is 6.42 Å². The second kappa shape index (κ2) is 3.03. The number of rotatable bonds is 1. The van der Waals surface area contributed by atoms with Gasteiger partial charge in [0.15, 0.2) is 0 Å². The summed E-state index contributed by atoms with van der Waals surface area (Å²) in [6.45, 7) is 6.19. The predicted molar refractivity (Wildman–Crippen MR) is 53.0 cm³/mol. The van der Waals surface area contributed by atoms with Crippen LogP contribution in [-0.2, 0) is 5.41 Å². The largest absolute Gasteiger partial charge is 0.119 e. The Morgan fingerprint density at radius 2 is 2.00 bits per heavy atom. The highest BCUT2D eigenvalue weighted by atomic mass is 14.2. The van der Waals surface area contributed by atoms with E-state index in [4.69, 9.17) is 6.42 Å². The molecule has 0 atom stereocenters. The van der Waals surface area contributed by atoms with Crippen LogP contribution in [0.15, 0.2) is 24.3 Å². The van der Waals surface area contributed by atoms with Crippen LogP contribution in [0.1, 0.15) is 25.0 Å². The zero-order valence-corrected chi connectivity index (χ0v) is 7.89. The lowest BCUT2D eigenvalue weighted by Gasteiger charge is -2.18. The first kappa shape index (κ1) is 8.87. The maximum atomic E-state index is 5.44. The second-order valence-corrected chi connectivity index (χ2v) is 3.64. The topological polar surface area (TPSA) is 0 Å². The molecule has 1 rings (SSSR count). The smallest absolute Gasteiger partial charge is 0.0504 e. The molecule has 0 fully saturated rings. The van der Waals surface area contributed by atoms with Crippen molar-refractivity contribution in [1.82, 2.24) is 0 Å². The van der Waals surface area contributed by atoms with Crippen molar-refractivity contribution in [2.45, 2.75) is 26.2 Å². The third-order valence-corrected chi connectivity index (χ3v) is 2.10. The van der Waals surface area contributed by atoms with Crippen LogP contribution in [0.3, 0.4) is 0 Å². The van der Waals surface area contributed by atoms with Crippen molar-refractivity contribution in [3.63, 3.8) is 0 Å². The molecule has 0 heteroatoms. The molecular weight excluding hydrogens is 144 g/mol. The highest BCUT2D eigenvalue weighted by Crippen LogP contribution is 2.22. The summed E-state index contributed by atoms with van der Waals surface area (Å²) in [5, 5.41) is 0. The van der Waals surface area contributed by atoms with Gasteiger partial charge in [-0.3, -0.25) is 0 Å². The molecule has 0 saturated heterocycles. The van der Waals surface area contributed by atoms with E-state index in [0.717, 1.165) is 0 Å². The molecule has 0 spiro atoms. The summed E-state index contributed by atoms with van der Waals surface area (Å²) in [7, 11) is 0. The lowest BCUT2D eigenvalue weighted by atomic mass is 9.85. The molecule has 0 nitrogen and oxygen atoms in total. The van der Waals surface area contributed by atoms with Gasteiger partial charge in [-0.25, -0.2) is 0 Å². The summed E-state index contributed by atoms with van der Waals surface area (Å²) in [4.78, 5) is 0. The molecule has 0 aliphatic heterocycles. The first-order valence-corrected chi connectivity index (χ1v) is 4.11. The van der Waals surface area contributed by atoms with Gasteiger partial charge in [0.2, 0.25) is 0 Å². The molecular formula is C12H14. The fraction of sp³-hybridized carbons (Fsp3) is 0.333. The molecule has 0 aromatic heterocycles. The molecule has 0 radical (unpaired) electrons. The van der Waals surface area contributed by atoms with Crippen molar-refractivity contribution in [3.05, 3.63) is 35.4 Å². The maximum Gasteiger partial charge on any atom is 0.0504 e. The van der Waals surface area contributed by atoms with Crippen molar-refractivity contribution in [3.8, 4) is 12.3 Å². The van der Waals surface area contributed by atoms with Gasteiger partial charge in [0.1, 0.15) is 0 Å². The van der Waals surface area contributed by atoms with Crippen molar-refractivity contribution in [2.24, 2.45) is 0 Å². The fourth-order valence-electron chi connectivity index (χ4n) is 1.12. The van der Waals surface area contributed by atoms with Gasteiger partial charge in [-0.1, -0.05) is 35.7 Å². The molecule has 0 aliphatic rings. The molecule has 0 N–H and O–H groups in total. The highest BCUT2D eigenvalue weighted by Gasteiger charge is 2.16. The fourth-order valence-corrected chi connectivity index (χ4v) is 1.12. The van der Waals surface area contributed by atoms with E-state index in [1.54, 1.807) is 0 Å². The lowest BCUT2D eigenvalue weighted by molar-refractivity contribution is 0.698. The van der Waals surface area contributed by atoms with Crippen molar-refractivity contribution in [2.75, 3.05) is 0 Å². The number of aryl methyl sites for hydroxylation is 1. The summed E-state index contributed by atoms with van der Waals surface area (Å²) < 4.78 is 0. The number of hydrogen-bond donors (Lipinski definition) is 0. The van der Waals surface area contributed by atoms with Gasteiger partial charge < -0.3 is 0 Å². The van der Waals surface area contributed by atoms with Gasteiger partial charge in [-0.05, 0) is 26.3 Å². The molecule has 1 aromatic rings. The van der Waals surface area contributed by atoms with E-state index in [0.29, 0.717) is 0 Å². The quantitative estimate of drug-likeness (QED) is 0.551. The van der Waals surface area contributed by atoms with Crippen LogP contribution in [0.2, 0.25) is 0 Å². The van der Waals surface area contributed by atoms with Crippen LogP contribution < -0.4 is 0 Å². The minimum Gasteiger partial charge on any atom is -0.119 e. The Bertz CT molecular complexity index is 313. The van der Waals surface area contributed by atoms with E-state index in [9.17, 15) is 0 Å². The van der Waals surface area contributed by atoms with Crippen LogP contribution in [0.25, 0.3) is 0 Å². The Labute approximate surface area is 74.6 Å². The zero-order valence-electron chi connectivity index (χ0n) is 7.89. The van der Waals surface area contributed by atoms with Crippen LogP contribution in [0.4, 0.5) is 0 Å². The highest BCUT2D eigenvalue weighted by molar-refractivity contribution is 5.34. The second-order valence-electron chi connectivity index (χ2n) is 3.64. The normalized spacial score (nSPS) is 10.8. The summed E-state index contributed by atoms with van der Waals surface area (Å²) >= 11 is 0. The first-order chi connectivity index (χ1) is 5.56. The van der Waals surface area contributed by atoms with E-state index in [1.165, 1.54) is 11.1 Å². The van der Waals surface area contributed by atoms with Gasteiger partial charge in [0.05, 0.1) is 5.41 Å². The Hall–Kier alpha value is -1.22. The van der Waals surface area contributed by atoms with Gasteiger partial charge in [-0.2, -0.15) is 0 Å². The Balaban J connectivity index is 3.14. The van der Waals surface area contributed by atoms with Gasteiger partial charge in [0, 0.05) is 0 Å². The van der Waals surface area contributed by atoms with Crippen molar-refractivity contribution in [1.29, 1.82) is 0 Å². The minimum atomic E-state index is -0.147. The molecule has 0 amide bonds. The first-order valence-electron chi connectivity index (χ1n) is 4.11. The molecule has 0 aliphatic carbocycles.